The summed E-state index contributed by atoms with van der Waals surface area (Å²) in [7, 11) is -3.07. The lowest BCUT2D eigenvalue weighted by Crippen LogP contribution is -2.40. The van der Waals surface area contributed by atoms with Crippen molar-refractivity contribution in [2.45, 2.75) is 46.6 Å². The van der Waals surface area contributed by atoms with E-state index in [0.29, 0.717) is 23.7 Å². The zero-order chi connectivity index (χ0) is 12.5. The maximum atomic E-state index is 11.3. The summed E-state index contributed by atoms with van der Waals surface area (Å²) in [6.45, 7) is 8.87. The Morgan fingerprint density at radius 2 is 1.62 bits per heavy atom. The van der Waals surface area contributed by atoms with Crippen LogP contribution in [0.2, 0.25) is 0 Å². The van der Waals surface area contributed by atoms with Crippen LogP contribution in [0.5, 0.6) is 0 Å². The van der Waals surface area contributed by atoms with E-state index >= 15 is 0 Å². The van der Waals surface area contributed by atoms with Crippen LogP contribution in [0.3, 0.4) is 0 Å². The molecule has 0 aromatic rings. The Morgan fingerprint density at radius 1 is 1.06 bits per heavy atom. The van der Waals surface area contributed by atoms with E-state index in [0.717, 1.165) is 12.8 Å². The highest BCUT2D eigenvalue weighted by molar-refractivity contribution is 7.88. The molecule has 0 spiro atoms. The van der Waals surface area contributed by atoms with Crippen molar-refractivity contribution in [3.8, 4) is 0 Å². The normalized spacial score (nSPS) is 31.6. The molecule has 0 aliphatic heterocycles. The summed E-state index contributed by atoms with van der Waals surface area (Å²) in [5.41, 5.74) is 0. The molecule has 4 heteroatoms. The van der Waals surface area contributed by atoms with Crippen LogP contribution in [0, 0.1) is 23.7 Å². The number of hydrogen-bond acceptors (Lipinski definition) is 2. The largest absolute Gasteiger partial charge is 0.213 e. The van der Waals surface area contributed by atoms with Crippen molar-refractivity contribution in [3.05, 3.63) is 0 Å². The van der Waals surface area contributed by atoms with E-state index in [-0.39, 0.29) is 6.04 Å². The molecule has 0 saturated heterocycles. The monoisotopic (exact) mass is 247 g/mol. The second-order valence-electron chi connectivity index (χ2n) is 5.80. The summed E-state index contributed by atoms with van der Waals surface area (Å²) in [6.07, 6.45) is 3.39. The van der Waals surface area contributed by atoms with Crippen molar-refractivity contribution in [2.24, 2.45) is 23.7 Å². The molecule has 0 aromatic carbocycles. The third kappa shape index (κ3) is 3.45. The van der Waals surface area contributed by atoms with Crippen molar-refractivity contribution < 1.29 is 8.42 Å². The highest BCUT2D eigenvalue weighted by Gasteiger charge is 2.40. The molecule has 0 radical (unpaired) electrons. The second kappa shape index (κ2) is 5.05. The predicted octanol–water partition coefficient (Wildman–Crippen LogP) is 2.24. The molecule has 16 heavy (non-hydrogen) atoms. The number of nitrogens with one attached hydrogen (secondary N) is 1. The molecule has 3 unspecified atom stereocenters. The van der Waals surface area contributed by atoms with Gasteiger partial charge in [-0.05, 0) is 36.5 Å². The van der Waals surface area contributed by atoms with E-state index in [1.54, 1.807) is 0 Å². The van der Waals surface area contributed by atoms with Crippen LogP contribution < -0.4 is 4.72 Å². The topological polar surface area (TPSA) is 46.2 Å². The van der Waals surface area contributed by atoms with Crippen molar-refractivity contribution in [1.29, 1.82) is 0 Å². The molecule has 1 saturated carbocycles. The lowest BCUT2D eigenvalue weighted by Gasteiger charge is -2.30. The van der Waals surface area contributed by atoms with Crippen molar-refractivity contribution in [3.63, 3.8) is 0 Å². The van der Waals surface area contributed by atoms with Gasteiger partial charge in [-0.2, -0.15) is 0 Å². The third-order valence-corrected chi connectivity index (χ3v) is 4.49. The Labute approximate surface area is 100 Å². The van der Waals surface area contributed by atoms with Gasteiger partial charge in [0.2, 0.25) is 10.0 Å². The van der Waals surface area contributed by atoms with E-state index in [4.69, 9.17) is 0 Å². The maximum absolute atomic E-state index is 11.3. The summed E-state index contributed by atoms with van der Waals surface area (Å²) < 4.78 is 25.4. The average Bonchev–Trinajstić information content (AvgIpc) is 2.44. The van der Waals surface area contributed by atoms with Gasteiger partial charge in [-0.3, -0.25) is 0 Å². The quantitative estimate of drug-likeness (QED) is 0.828. The lowest BCUT2D eigenvalue weighted by molar-refractivity contribution is 0.213. The standard InChI is InChI=1S/C12H25NO2S/c1-8(2)10-6-7-11(12(10)9(3)4)13-16(5,14)15/h8-13H,6-7H2,1-5H3. The minimum atomic E-state index is -3.07. The molecule has 0 heterocycles. The maximum Gasteiger partial charge on any atom is 0.208 e. The summed E-state index contributed by atoms with van der Waals surface area (Å²) >= 11 is 0. The smallest absolute Gasteiger partial charge is 0.208 e. The van der Waals surface area contributed by atoms with Gasteiger partial charge in [-0.1, -0.05) is 27.7 Å². The highest BCUT2D eigenvalue weighted by atomic mass is 32.2. The molecule has 1 aliphatic rings. The molecule has 0 amide bonds. The molecule has 96 valence electrons. The first-order chi connectivity index (χ1) is 7.22. The van der Waals surface area contributed by atoms with E-state index in [9.17, 15) is 8.42 Å². The number of rotatable bonds is 4. The minimum Gasteiger partial charge on any atom is -0.213 e. The van der Waals surface area contributed by atoms with Crippen molar-refractivity contribution in [2.75, 3.05) is 6.26 Å². The minimum absolute atomic E-state index is 0.141. The Bertz CT molecular complexity index is 322. The summed E-state index contributed by atoms with van der Waals surface area (Å²) in [5.74, 6) is 2.31. The van der Waals surface area contributed by atoms with E-state index < -0.39 is 10.0 Å². The van der Waals surface area contributed by atoms with Crippen LogP contribution in [0.4, 0.5) is 0 Å². The molecular formula is C12H25NO2S. The van der Waals surface area contributed by atoms with E-state index in [1.807, 2.05) is 0 Å². The van der Waals surface area contributed by atoms with Gasteiger partial charge in [-0.15, -0.1) is 0 Å². The molecule has 1 rings (SSSR count). The zero-order valence-corrected chi connectivity index (χ0v) is 11.8. The van der Waals surface area contributed by atoms with Gasteiger partial charge in [0.15, 0.2) is 0 Å². The lowest BCUT2D eigenvalue weighted by atomic mass is 9.78. The fourth-order valence-electron chi connectivity index (χ4n) is 3.20. The zero-order valence-electron chi connectivity index (χ0n) is 11.0. The van der Waals surface area contributed by atoms with Crippen molar-refractivity contribution >= 4 is 10.0 Å². The Morgan fingerprint density at radius 3 is 2.00 bits per heavy atom. The predicted molar refractivity (Wildman–Crippen MR) is 67.7 cm³/mol. The average molecular weight is 247 g/mol. The molecule has 1 aliphatic carbocycles. The van der Waals surface area contributed by atoms with Gasteiger partial charge >= 0.3 is 0 Å². The summed E-state index contributed by atoms with van der Waals surface area (Å²) in [6, 6.07) is 0.141. The molecule has 0 aromatic heterocycles. The molecule has 1 N–H and O–H groups in total. The van der Waals surface area contributed by atoms with Crippen molar-refractivity contribution in [1.82, 2.24) is 4.72 Å². The molecular weight excluding hydrogens is 222 g/mol. The number of hydrogen-bond donors (Lipinski definition) is 1. The molecule has 3 atom stereocenters. The van der Waals surface area contributed by atoms with Crippen LogP contribution in [0.25, 0.3) is 0 Å². The highest BCUT2D eigenvalue weighted by Crippen LogP contribution is 2.41. The first kappa shape index (κ1) is 14.0. The van der Waals surface area contributed by atoms with Crippen LogP contribution >= 0.6 is 0 Å². The summed E-state index contributed by atoms with van der Waals surface area (Å²) in [5, 5.41) is 0. The van der Waals surface area contributed by atoms with Crippen LogP contribution in [0.1, 0.15) is 40.5 Å². The third-order valence-electron chi connectivity index (χ3n) is 3.76. The first-order valence-electron chi connectivity index (χ1n) is 6.19. The molecule has 0 bridgehead atoms. The first-order valence-corrected chi connectivity index (χ1v) is 8.09. The van der Waals surface area contributed by atoms with Gasteiger partial charge in [0.05, 0.1) is 6.26 Å². The fourth-order valence-corrected chi connectivity index (χ4v) is 4.03. The Hall–Kier alpha value is -0.0900. The molecule has 3 nitrogen and oxygen atoms in total. The van der Waals surface area contributed by atoms with Crippen LogP contribution in [0.15, 0.2) is 0 Å². The SMILES string of the molecule is CC(C)C1CCC(NS(C)(=O)=O)C1C(C)C. The second-order valence-corrected chi connectivity index (χ2v) is 7.58. The Kier molecular flexibility index (Phi) is 4.41. The van der Waals surface area contributed by atoms with Gasteiger partial charge < -0.3 is 0 Å². The van der Waals surface area contributed by atoms with Crippen LogP contribution in [-0.4, -0.2) is 20.7 Å². The van der Waals surface area contributed by atoms with E-state index in [1.165, 1.54) is 6.26 Å². The molecule has 1 fully saturated rings. The van der Waals surface area contributed by atoms with Gasteiger partial charge in [0.1, 0.15) is 0 Å². The van der Waals surface area contributed by atoms with Gasteiger partial charge in [-0.25, -0.2) is 13.1 Å². The van der Waals surface area contributed by atoms with Gasteiger partial charge in [0, 0.05) is 6.04 Å². The van der Waals surface area contributed by atoms with E-state index in [2.05, 4.69) is 32.4 Å². The van der Waals surface area contributed by atoms with Crippen LogP contribution in [-0.2, 0) is 10.0 Å². The van der Waals surface area contributed by atoms with Gasteiger partial charge in [0.25, 0.3) is 0 Å². The number of sulfonamides is 1. The summed E-state index contributed by atoms with van der Waals surface area (Å²) in [4.78, 5) is 0. The Balaban J connectivity index is 2.80. The fraction of sp³-hybridized carbons (Fsp3) is 1.00.